The van der Waals surface area contributed by atoms with E-state index in [1.54, 1.807) is 26.0 Å². The summed E-state index contributed by atoms with van der Waals surface area (Å²) in [5.74, 6) is -1.42. The van der Waals surface area contributed by atoms with Crippen LogP contribution in [0.4, 0.5) is 15.5 Å². The van der Waals surface area contributed by atoms with Crippen LogP contribution in [0, 0.1) is 0 Å². The van der Waals surface area contributed by atoms with Gasteiger partial charge in [-0.25, -0.2) is 9.59 Å². The number of fused-ring (bicyclic) bond motifs is 1. The van der Waals surface area contributed by atoms with Crippen LogP contribution >= 0.6 is 11.3 Å². The van der Waals surface area contributed by atoms with Gasteiger partial charge in [0.05, 0.1) is 24.7 Å². The summed E-state index contributed by atoms with van der Waals surface area (Å²) < 4.78 is 10.4. The summed E-state index contributed by atoms with van der Waals surface area (Å²) in [4.78, 5) is 38.6. The molecule has 7 nitrogen and oxygen atoms in total. The second-order valence-electron chi connectivity index (χ2n) is 6.51. The van der Waals surface area contributed by atoms with Crippen molar-refractivity contribution in [1.82, 2.24) is 0 Å². The smallest absolute Gasteiger partial charge is 0.341 e. The average Bonchev–Trinajstić information content (AvgIpc) is 3.06. The van der Waals surface area contributed by atoms with Crippen molar-refractivity contribution < 1.29 is 23.9 Å². The number of thiophene rings is 1. The van der Waals surface area contributed by atoms with E-state index < -0.39 is 17.9 Å². The van der Waals surface area contributed by atoms with Crippen LogP contribution in [0.3, 0.4) is 0 Å². The first-order valence-corrected chi connectivity index (χ1v) is 10.5. The van der Waals surface area contributed by atoms with Gasteiger partial charge in [-0.15, -0.1) is 11.3 Å². The topological polar surface area (TPSA) is 93.7 Å². The fraction of sp³-hybridized carbons (Fsp3) is 0.381. The van der Waals surface area contributed by atoms with Crippen LogP contribution in [0.15, 0.2) is 30.3 Å². The first-order valence-electron chi connectivity index (χ1n) is 9.67. The highest BCUT2D eigenvalue weighted by Crippen LogP contribution is 2.44. The first-order chi connectivity index (χ1) is 14.0. The maximum absolute atomic E-state index is 12.7. The van der Waals surface area contributed by atoms with E-state index in [-0.39, 0.29) is 24.7 Å². The number of aryl methyl sites for hydroxylation is 1. The van der Waals surface area contributed by atoms with E-state index in [2.05, 4.69) is 10.6 Å². The molecule has 2 aromatic rings. The number of carbonyl (C=O) groups excluding carboxylic acids is 3. The Hall–Kier alpha value is -2.87. The molecule has 0 saturated carbocycles. The lowest BCUT2D eigenvalue weighted by atomic mass is 9.85. The molecule has 1 aromatic heterocycles. The second kappa shape index (κ2) is 9.56. The molecule has 1 unspecified atom stereocenters. The van der Waals surface area contributed by atoms with Gasteiger partial charge >= 0.3 is 18.0 Å². The molecular weight excluding hydrogens is 392 g/mol. The summed E-state index contributed by atoms with van der Waals surface area (Å²) in [5.41, 5.74) is 1.52. The van der Waals surface area contributed by atoms with E-state index in [4.69, 9.17) is 9.47 Å². The Balaban J connectivity index is 1.93. The van der Waals surface area contributed by atoms with Crippen molar-refractivity contribution in [3.05, 3.63) is 46.3 Å². The lowest BCUT2D eigenvalue weighted by molar-refractivity contribution is -0.145. The number of carbonyl (C=O) groups is 3. The molecule has 1 heterocycles. The van der Waals surface area contributed by atoms with Gasteiger partial charge in [-0.05, 0) is 50.8 Å². The van der Waals surface area contributed by atoms with Crippen molar-refractivity contribution in [2.75, 3.05) is 23.8 Å². The van der Waals surface area contributed by atoms with Crippen LogP contribution in [0.5, 0.6) is 0 Å². The summed E-state index contributed by atoms with van der Waals surface area (Å²) in [6, 6.07) is 8.54. The molecule has 1 aliphatic rings. The van der Waals surface area contributed by atoms with E-state index in [0.717, 1.165) is 17.7 Å². The minimum Gasteiger partial charge on any atom is -0.466 e. The standard InChI is InChI=1S/C21H24N2O5S/c1-3-27-19(24)14-11-8-12-15-16(14)17(20(25)28-4-2)18(29-15)23-21(26)22-13-9-6-5-7-10-13/h5-7,9-10,14H,3-4,8,11-12H2,1-2H3,(H2,22,23,26). The van der Waals surface area contributed by atoms with Crippen molar-refractivity contribution in [3.8, 4) is 0 Å². The molecule has 0 bridgehead atoms. The SMILES string of the molecule is CCOC(=O)c1c(NC(=O)Nc2ccccc2)sc2c1C(C(=O)OCC)CCC2. The zero-order valence-electron chi connectivity index (χ0n) is 16.4. The number of hydrogen-bond donors (Lipinski definition) is 2. The van der Waals surface area contributed by atoms with Crippen molar-refractivity contribution in [3.63, 3.8) is 0 Å². The Bertz CT molecular complexity index is 894. The van der Waals surface area contributed by atoms with Crippen molar-refractivity contribution >= 4 is 40.0 Å². The second-order valence-corrected chi connectivity index (χ2v) is 7.61. The van der Waals surface area contributed by atoms with Crippen molar-refractivity contribution in [2.45, 2.75) is 39.0 Å². The quantitative estimate of drug-likeness (QED) is 0.674. The maximum Gasteiger partial charge on any atom is 0.341 e. The Morgan fingerprint density at radius 2 is 1.79 bits per heavy atom. The molecule has 0 aliphatic heterocycles. The molecule has 1 atom stereocenters. The van der Waals surface area contributed by atoms with Gasteiger partial charge in [0.15, 0.2) is 0 Å². The zero-order chi connectivity index (χ0) is 20.8. The van der Waals surface area contributed by atoms with Crippen molar-refractivity contribution in [1.29, 1.82) is 0 Å². The number of nitrogens with one attached hydrogen (secondary N) is 2. The van der Waals surface area contributed by atoms with Crippen LogP contribution in [0.2, 0.25) is 0 Å². The molecule has 0 saturated heterocycles. The predicted molar refractivity (Wildman–Crippen MR) is 112 cm³/mol. The third-order valence-corrected chi connectivity index (χ3v) is 5.76. The van der Waals surface area contributed by atoms with Crippen LogP contribution in [0.1, 0.15) is 53.4 Å². The summed E-state index contributed by atoms with van der Waals surface area (Å²) in [5, 5.41) is 5.89. The molecule has 29 heavy (non-hydrogen) atoms. The Morgan fingerprint density at radius 1 is 1.07 bits per heavy atom. The van der Waals surface area contributed by atoms with Gasteiger partial charge < -0.3 is 14.8 Å². The number of rotatable bonds is 6. The van der Waals surface area contributed by atoms with Gasteiger partial charge in [0, 0.05) is 10.6 Å². The van der Waals surface area contributed by atoms with Gasteiger partial charge in [-0.3, -0.25) is 10.1 Å². The summed E-state index contributed by atoms with van der Waals surface area (Å²) in [6.07, 6.45) is 2.16. The Labute approximate surface area is 173 Å². The molecule has 0 spiro atoms. The van der Waals surface area contributed by atoms with E-state index in [9.17, 15) is 14.4 Å². The molecule has 1 aromatic carbocycles. The van der Waals surface area contributed by atoms with Gasteiger partial charge in [-0.1, -0.05) is 18.2 Å². The molecule has 8 heteroatoms. The van der Waals surface area contributed by atoms with Gasteiger partial charge in [0.25, 0.3) is 0 Å². The normalized spacial score (nSPS) is 15.2. The van der Waals surface area contributed by atoms with Crippen LogP contribution in [-0.4, -0.2) is 31.2 Å². The molecule has 2 amide bonds. The fourth-order valence-electron chi connectivity index (χ4n) is 3.42. The molecule has 0 radical (unpaired) electrons. The van der Waals surface area contributed by atoms with E-state index >= 15 is 0 Å². The Morgan fingerprint density at radius 3 is 2.48 bits per heavy atom. The van der Waals surface area contributed by atoms with E-state index in [1.165, 1.54) is 11.3 Å². The van der Waals surface area contributed by atoms with Crippen LogP contribution in [0.25, 0.3) is 0 Å². The lowest BCUT2D eigenvalue weighted by Crippen LogP contribution is -2.24. The first kappa shape index (κ1) is 20.9. The molecule has 1 aliphatic carbocycles. The van der Waals surface area contributed by atoms with Gasteiger partial charge in [-0.2, -0.15) is 0 Å². The number of ether oxygens (including phenoxy) is 2. The molecule has 0 fully saturated rings. The Kier molecular flexibility index (Phi) is 6.87. The monoisotopic (exact) mass is 416 g/mol. The average molecular weight is 416 g/mol. The summed E-state index contributed by atoms with van der Waals surface area (Å²) >= 11 is 1.31. The fourth-order valence-corrected chi connectivity index (χ4v) is 4.70. The van der Waals surface area contributed by atoms with Gasteiger partial charge in [0.2, 0.25) is 0 Å². The number of benzene rings is 1. The summed E-state index contributed by atoms with van der Waals surface area (Å²) in [7, 11) is 0. The predicted octanol–water partition coefficient (Wildman–Crippen LogP) is 4.55. The van der Waals surface area contributed by atoms with Crippen LogP contribution in [-0.2, 0) is 20.7 Å². The minimum absolute atomic E-state index is 0.198. The summed E-state index contributed by atoms with van der Waals surface area (Å²) in [6.45, 7) is 3.94. The molecule has 2 N–H and O–H groups in total. The molecule has 3 rings (SSSR count). The highest BCUT2D eigenvalue weighted by Gasteiger charge is 2.36. The number of anilines is 2. The third-order valence-electron chi connectivity index (χ3n) is 4.58. The molecule has 154 valence electrons. The van der Waals surface area contributed by atoms with E-state index in [1.807, 2.05) is 18.2 Å². The lowest BCUT2D eigenvalue weighted by Gasteiger charge is -2.22. The number of para-hydroxylation sites is 1. The largest absolute Gasteiger partial charge is 0.466 e. The number of esters is 2. The number of amides is 2. The van der Waals surface area contributed by atoms with Gasteiger partial charge in [0.1, 0.15) is 5.00 Å². The third kappa shape index (κ3) is 4.76. The van der Waals surface area contributed by atoms with Crippen molar-refractivity contribution in [2.24, 2.45) is 0 Å². The van der Waals surface area contributed by atoms with E-state index in [0.29, 0.717) is 22.7 Å². The number of urea groups is 1. The molecular formula is C21H24N2O5S. The van der Waals surface area contributed by atoms with Crippen LogP contribution < -0.4 is 10.6 Å². The maximum atomic E-state index is 12.7. The zero-order valence-corrected chi connectivity index (χ0v) is 17.3. The highest BCUT2D eigenvalue weighted by atomic mass is 32.1. The minimum atomic E-state index is -0.545. The highest BCUT2D eigenvalue weighted by molar-refractivity contribution is 7.17. The number of hydrogen-bond acceptors (Lipinski definition) is 6.